The number of hydrogen-bond acceptors (Lipinski definition) is 3. The molecule has 0 bridgehead atoms. The van der Waals surface area contributed by atoms with E-state index in [1.165, 1.54) is 6.92 Å². The molecule has 6 heteroatoms. The molecular formula is C18H16ClN3O2. The zero-order valence-corrected chi connectivity index (χ0v) is 14.3. The van der Waals surface area contributed by atoms with Gasteiger partial charge in [0.2, 0.25) is 5.91 Å². The third kappa shape index (κ3) is 2.90. The molecule has 2 aromatic carbocycles. The zero-order valence-electron chi connectivity index (χ0n) is 13.6. The molecule has 1 amide bonds. The van der Waals surface area contributed by atoms with Crippen LogP contribution in [0.1, 0.15) is 18.3 Å². The van der Waals surface area contributed by atoms with Gasteiger partial charge in [-0.05, 0) is 55.8 Å². The molecular weight excluding hydrogens is 326 g/mol. The van der Waals surface area contributed by atoms with Gasteiger partial charge in [0.15, 0.2) is 0 Å². The van der Waals surface area contributed by atoms with Crippen LogP contribution in [-0.2, 0) is 4.79 Å². The quantitative estimate of drug-likeness (QED) is 0.774. The molecule has 0 aliphatic rings. The average molecular weight is 342 g/mol. The van der Waals surface area contributed by atoms with Crippen LogP contribution in [0.5, 0.6) is 0 Å². The summed E-state index contributed by atoms with van der Waals surface area (Å²) in [6.45, 7) is 5.11. The fourth-order valence-corrected chi connectivity index (χ4v) is 2.96. The maximum atomic E-state index is 13.0. The molecule has 0 saturated carbocycles. The van der Waals surface area contributed by atoms with Gasteiger partial charge in [-0.3, -0.25) is 14.2 Å². The number of nitrogens with one attached hydrogen (secondary N) is 1. The molecule has 24 heavy (non-hydrogen) atoms. The van der Waals surface area contributed by atoms with Crippen LogP contribution in [-0.4, -0.2) is 15.5 Å². The topological polar surface area (TPSA) is 64.0 Å². The van der Waals surface area contributed by atoms with Crippen LogP contribution in [0.2, 0.25) is 5.02 Å². The molecule has 0 atom stereocenters. The number of rotatable bonds is 2. The van der Waals surface area contributed by atoms with E-state index in [-0.39, 0.29) is 11.5 Å². The van der Waals surface area contributed by atoms with Crippen molar-refractivity contribution in [3.63, 3.8) is 0 Å². The summed E-state index contributed by atoms with van der Waals surface area (Å²) in [5.74, 6) is 0.397. The van der Waals surface area contributed by atoms with Crippen molar-refractivity contribution in [3.05, 3.63) is 63.2 Å². The van der Waals surface area contributed by atoms with Crippen LogP contribution in [0.25, 0.3) is 16.6 Å². The van der Waals surface area contributed by atoms with E-state index in [4.69, 9.17) is 11.6 Å². The summed E-state index contributed by atoms with van der Waals surface area (Å²) in [4.78, 5) is 28.7. The fourth-order valence-electron chi connectivity index (χ4n) is 2.73. The second kappa shape index (κ2) is 6.09. The van der Waals surface area contributed by atoms with Crippen LogP contribution >= 0.6 is 11.6 Å². The van der Waals surface area contributed by atoms with E-state index in [1.54, 1.807) is 47.9 Å². The summed E-state index contributed by atoms with van der Waals surface area (Å²) in [6.07, 6.45) is 0. The van der Waals surface area contributed by atoms with E-state index in [0.29, 0.717) is 27.4 Å². The molecule has 0 fully saturated rings. The first-order valence-corrected chi connectivity index (χ1v) is 7.82. The van der Waals surface area contributed by atoms with Gasteiger partial charge in [0.1, 0.15) is 5.82 Å². The van der Waals surface area contributed by atoms with Crippen molar-refractivity contribution in [2.45, 2.75) is 20.8 Å². The summed E-state index contributed by atoms with van der Waals surface area (Å²) in [6, 6.07) is 10.5. The Bertz CT molecular complexity index is 1020. The van der Waals surface area contributed by atoms with Crippen molar-refractivity contribution >= 4 is 34.1 Å². The van der Waals surface area contributed by atoms with Crippen LogP contribution in [0.4, 0.5) is 5.69 Å². The van der Waals surface area contributed by atoms with Crippen molar-refractivity contribution < 1.29 is 4.79 Å². The molecule has 5 nitrogen and oxygen atoms in total. The van der Waals surface area contributed by atoms with Crippen molar-refractivity contribution in [3.8, 4) is 5.69 Å². The molecule has 3 aromatic rings. The van der Waals surface area contributed by atoms with E-state index < -0.39 is 0 Å². The summed E-state index contributed by atoms with van der Waals surface area (Å²) in [5, 5.41) is 3.74. The number of anilines is 1. The second-order valence-corrected chi connectivity index (χ2v) is 6.08. The minimum Gasteiger partial charge on any atom is -0.326 e. The summed E-state index contributed by atoms with van der Waals surface area (Å²) < 4.78 is 1.56. The standard InChI is InChI=1S/C18H16ClN3O2/c1-10-8-13(19)4-7-17(10)22-11(2)20-16-6-5-14(21-12(3)23)9-15(16)18(22)24/h4-9H,1-3H3,(H,21,23). The Morgan fingerprint density at radius 1 is 1.17 bits per heavy atom. The maximum Gasteiger partial charge on any atom is 0.266 e. The van der Waals surface area contributed by atoms with E-state index in [0.717, 1.165) is 11.3 Å². The number of amides is 1. The summed E-state index contributed by atoms with van der Waals surface area (Å²) >= 11 is 6.01. The van der Waals surface area contributed by atoms with Crippen molar-refractivity contribution in [2.75, 3.05) is 5.32 Å². The predicted molar refractivity (Wildman–Crippen MR) is 96.1 cm³/mol. The molecule has 1 heterocycles. The van der Waals surface area contributed by atoms with Crippen LogP contribution < -0.4 is 10.9 Å². The highest BCUT2D eigenvalue weighted by Gasteiger charge is 2.12. The number of carbonyl (C=O) groups excluding carboxylic acids is 1. The number of halogens is 1. The Morgan fingerprint density at radius 2 is 1.92 bits per heavy atom. The summed E-state index contributed by atoms with van der Waals surface area (Å²) in [7, 11) is 0. The van der Waals surface area contributed by atoms with Gasteiger partial charge in [0, 0.05) is 17.6 Å². The molecule has 0 unspecified atom stereocenters. The first-order valence-electron chi connectivity index (χ1n) is 7.44. The third-order valence-electron chi connectivity index (χ3n) is 3.76. The predicted octanol–water partition coefficient (Wildman–Crippen LogP) is 3.61. The van der Waals surface area contributed by atoms with Crippen molar-refractivity contribution in [2.24, 2.45) is 0 Å². The highest BCUT2D eigenvalue weighted by atomic mass is 35.5. The molecule has 0 radical (unpaired) electrons. The van der Waals surface area contributed by atoms with Gasteiger partial charge >= 0.3 is 0 Å². The number of nitrogens with zero attached hydrogens (tertiary/aromatic N) is 2. The monoisotopic (exact) mass is 341 g/mol. The molecule has 0 aliphatic carbocycles. The number of aryl methyl sites for hydroxylation is 2. The smallest absolute Gasteiger partial charge is 0.266 e. The lowest BCUT2D eigenvalue weighted by atomic mass is 10.1. The first-order chi connectivity index (χ1) is 11.4. The normalized spacial score (nSPS) is 10.8. The molecule has 0 aliphatic heterocycles. The minimum atomic E-state index is -0.191. The van der Waals surface area contributed by atoms with Crippen LogP contribution in [0, 0.1) is 13.8 Å². The Kier molecular flexibility index (Phi) is 4.11. The van der Waals surface area contributed by atoms with Gasteiger partial charge in [-0.15, -0.1) is 0 Å². The number of carbonyl (C=O) groups is 1. The number of hydrogen-bond donors (Lipinski definition) is 1. The molecule has 3 rings (SSSR count). The maximum absolute atomic E-state index is 13.0. The first kappa shape index (κ1) is 16.2. The highest BCUT2D eigenvalue weighted by molar-refractivity contribution is 6.30. The van der Waals surface area contributed by atoms with E-state index in [9.17, 15) is 9.59 Å². The van der Waals surface area contributed by atoms with E-state index in [2.05, 4.69) is 10.3 Å². The average Bonchev–Trinajstić information content (AvgIpc) is 2.49. The third-order valence-corrected chi connectivity index (χ3v) is 3.99. The number of benzene rings is 2. The summed E-state index contributed by atoms with van der Waals surface area (Å²) in [5.41, 5.74) is 2.59. The van der Waals surface area contributed by atoms with Gasteiger partial charge < -0.3 is 5.32 Å². The van der Waals surface area contributed by atoms with Crippen molar-refractivity contribution in [1.29, 1.82) is 0 Å². The molecule has 1 N–H and O–H groups in total. The Labute approximate surface area is 143 Å². The van der Waals surface area contributed by atoms with Gasteiger partial charge in [0.25, 0.3) is 5.56 Å². The fraction of sp³-hybridized carbons (Fsp3) is 0.167. The largest absolute Gasteiger partial charge is 0.326 e. The molecule has 0 saturated heterocycles. The lowest BCUT2D eigenvalue weighted by Crippen LogP contribution is -2.23. The van der Waals surface area contributed by atoms with Gasteiger partial charge in [-0.1, -0.05) is 11.6 Å². The second-order valence-electron chi connectivity index (χ2n) is 5.64. The van der Waals surface area contributed by atoms with E-state index in [1.807, 2.05) is 6.92 Å². The van der Waals surface area contributed by atoms with Crippen LogP contribution in [0.15, 0.2) is 41.2 Å². The number of fused-ring (bicyclic) bond motifs is 1. The Balaban J connectivity index is 2.28. The zero-order chi connectivity index (χ0) is 17.4. The van der Waals surface area contributed by atoms with Gasteiger partial charge in [0.05, 0.1) is 16.6 Å². The lowest BCUT2D eigenvalue weighted by Gasteiger charge is -2.14. The minimum absolute atomic E-state index is 0.185. The Hall–Kier alpha value is -2.66. The van der Waals surface area contributed by atoms with Crippen LogP contribution in [0.3, 0.4) is 0 Å². The SMILES string of the molecule is CC(=O)Nc1ccc2nc(C)n(-c3ccc(Cl)cc3C)c(=O)c2c1. The van der Waals surface area contributed by atoms with Crippen molar-refractivity contribution in [1.82, 2.24) is 9.55 Å². The lowest BCUT2D eigenvalue weighted by molar-refractivity contribution is -0.114. The van der Waals surface area contributed by atoms with Gasteiger partial charge in [-0.2, -0.15) is 0 Å². The molecule has 122 valence electrons. The van der Waals surface area contributed by atoms with E-state index >= 15 is 0 Å². The van der Waals surface area contributed by atoms with Gasteiger partial charge in [-0.25, -0.2) is 4.98 Å². The Morgan fingerprint density at radius 3 is 2.58 bits per heavy atom. The number of aromatic nitrogens is 2. The molecule has 1 aromatic heterocycles. The molecule has 0 spiro atoms. The highest BCUT2D eigenvalue weighted by Crippen LogP contribution is 2.21.